The maximum absolute atomic E-state index is 10.7. The number of aliphatic hydroxyl groups is 2. The molecule has 2 heterocycles. The maximum atomic E-state index is 10.7. The lowest BCUT2D eigenvalue weighted by Crippen LogP contribution is -2.32. The number of hydrogen-bond donors (Lipinski definition) is 2. The van der Waals surface area contributed by atoms with E-state index in [9.17, 15) is 10.2 Å². The molecule has 0 saturated carbocycles. The van der Waals surface area contributed by atoms with Gasteiger partial charge in [-0.2, -0.15) is 0 Å². The molecule has 2 fully saturated rings. The van der Waals surface area contributed by atoms with Crippen molar-refractivity contribution in [3.05, 3.63) is 109 Å². The third-order valence-electron chi connectivity index (χ3n) is 8.90. The first-order valence-corrected chi connectivity index (χ1v) is 17.5. The number of hydrogen-bond acceptors (Lipinski definition) is 10. The van der Waals surface area contributed by atoms with Gasteiger partial charge in [-0.1, -0.05) is 36.4 Å². The molecule has 268 valence electrons. The van der Waals surface area contributed by atoms with E-state index >= 15 is 0 Å². The van der Waals surface area contributed by atoms with Crippen molar-refractivity contribution in [1.29, 1.82) is 0 Å². The van der Waals surface area contributed by atoms with Gasteiger partial charge in [0.1, 0.15) is 85.8 Å². The minimum atomic E-state index is -0.851. The first-order valence-electron chi connectivity index (χ1n) is 17.5. The van der Waals surface area contributed by atoms with Gasteiger partial charge in [-0.05, 0) is 99.7 Å². The number of epoxide rings is 1. The van der Waals surface area contributed by atoms with E-state index in [4.69, 9.17) is 37.9 Å². The SMILES string of the molecule is OC(COc1ccc2ccc(OCC3CO3)cc2c1)COc1ccc2c(OCC(O)COc3ccc4ccc(OC5CCO5)cc4c3)cccc2c1. The highest BCUT2D eigenvalue weighted by Crippen LogP contribution is 2.31. The van der Waals surface area contributed by atoms with Crippen LogP contribution in [0.1, 0.15) is 6.42 Å². The molecule has 2 aliphatic heterocycles. The van der Waals surface area contributed by atoms with Crippen LogP contribution in [0.15, 0.2) is 109 Å². The second-order valence-electron chi connectivity index (χ2n) is 13.0. The average molecular weight is 705 g/mol. The predicted octanol–water partition coefficient (Wildman–Crippen LogP) is 6.69. The van der Waals surface area contributed by atoms with Gasteiger partial charge in [-0.15, -0.1) is 0 Å². The second-order valence-corrected chi connectivity index (χ2v) is 13.0. The third-order valence-corrected chi connectivity index (χ3v) is 8.90. The Morgan fingerprint density at radius 2 is 1.04 bits per heavy atom. The van der Waals surface area contributed by atoms with Crippen molar-refractivity contribution in [2.45, 2.75) is 31.0 Å². The summed E-state index contributed by atoms with van der Waals surface area (Å²) in [6.07, 6.45) is -0.789. The molecular formula is C42H40O10. The topological polar surface area (TPSA) is 118 Å². The van der Waals surface area contributed by atoms with Crippen LogP contribution in [0, 0.1) is 0 Å². The Kier molecular flexibility index (Phi) is 10.1. The van der Waals surface area contributed by atoms with Gasteiger partial charge in [0.2, 0.25) is 6.29 Å². The van der Waals surface area contributed by atoms with Crippen LogP contribution in [-0.4, -0.2) is 81.1 Å². The van der Waals surface area contributed by atoms with Gasteiger partial charge >= 0.3 is 0 Å². The van der Waals surface area contributed by atoms with E-state index in [1.165, 1.54) is 0 Å². The van der Waals surface area contributed by atoms with E-state index in [0.29, 0.717) is 29.6 Å². The van der Waals surface area contributed by atoms with E-state index in [0.717, 1.165) is 63.5 Å². The average Bonchev–Trinajstić information content (AvgIpc) is 3.99. The number of aliphatic hydroxyl groups excluding tert-OH is 2. The Hall–Kier alpha value is -5.26. The van der Waals surface area contributed by atoms with E-state index < -0.39 is 12.2 Å². The number of ether oxygens (including phenoxy) is 8. The molecule has 0 amide bonds. The highest BCUT2D eigenvalue weighted by molar-refractivity contribution is 5.89. The third kappa shape index (κ3) is 8.60. The van der Waals surface area contributed by atoms with Crippen LogP contribution in [0.4, 0.5) is 0 Å². The summed E-state index contributed by atoms with van der Waals surface area (Å²) in [7, 11) is 0. The minimum Gasteiger partial charge on any atom is -0.491 e. The van der Waals surface area contributed by atoms with Crippen LogP contribution >= 0.6 is 0 Å². The van der Waals surface area contributed by atoms with Crippen LogP contribution in [-0.2, 0) is 9.47 Å². The fourth-order valence-electron chi connectivity index (χ4n) is 5.87. The van der Waals surface area contributed by atoms with E-state index in [1.54, 1.807) is 0 Å². The first-order chi connectivity index (χ1) is 25.5. The smallest absolute Gasteiger partial charge is 0.202 e. The molecule has 10 heteroatoms. The van der Waals surface area contributed by atoms with Crippen molar-refractivity contribution < 1.29 is 48.1 Å². The number of rotatable bonds is 17. The van der Waals surface area contributed by atoms with Crippen molar-refractivity contribution in [3.63, 3.8) is 0 Å². The molecule has 4 atom stereocenters. The van der Waals surface area contributed by atoms with E-state index in [1.807, 2.05) is 109 Å². The van der Waals surface area contributed by atoms with Gasteiger partial charge in [-0.25, -0.2) is 0 Å². The van der Waals surface area contributed by atoms with Crippen molar-refractivity contribution in [3.8, 4) is 34.5 Å². The molecule has 0 aliphatic carbocycles. The first kappa shape index (κ1) is 33.9. The molecule has 0 radical (unpaired) electrons. The largest absolute Gasteiger partial charge is 0.491 e. The Bertz CT molecular complexity index is 2140. The Morgan fingerprint density at radius 1 is 0.538 bits per heavy atom. The van der Waals surface area contributed by atoms with Gasteiger partial charge in [0.15, 0.2) is 0 Å². The van der Waals surface area contributed by atoms with Gasteiger partial charge < -0.3 is 48.1 Å². The molecule has 0 spiro atoms. The highest BCUT2D eigenvalue weighted by atomic mass is 16.7. The highest BCUT2D eigenvalue weighted by Gasteiger charge is 2.23. The summed E-state index contributed by atoms with van der Waals surface area (Å²) in [5.41, 5.74) is 0. The van der Waals surface area contributed by atoms with Crippen LogP contribution in [0.3, 0.4) is 0 Å². The van der Waals surface area contributed by atoms with Crippen LogP contribution in [0.25, 0.3) is 32.3 Å². The summed E-state index contributed by atoms with van der Waals surface area (Å²) < 4.78 is 45.9. The molecular weight excluding hydrogens is 664 g/mol. The van der Waals surface area contributed by atoms with Gasteiger partial charge in [-0.3, -0.25) is 0 Å². The summed E-state index contributed by atoms with van der Waals surface area (Å²) in [6, 6.07) is 34.7. The Morgan fingerprint density at radius 3 is 1.60 bits per heavy atom. The minimum absolute atomic E-state index is 0.0541. The molecule has 0 aromatic heterocycles. The van der Waals surface area contributed by atoms with Crippen LogP contribution in [0.2, 0.25) is 0 Å². The van der Waals surface area contributed by atoms with Gasteiger partial charge in [0.05, 0.1) is 13.2 Å². The zero-order valence-electron chi connectivity index (χ0n) is 28.5. The van der Waals surface area contributed by atoms with E-state index in [-0.39, 0.29) is 38.8 Å². The van der Waals surface area contributed by atoms with Crippen molar-refractivity contribution in [2.75, 3.05) is 46.2 Å². The summed E-state index contributed by atoms with van der Waals surface area (Å²) in [5, 5.41) is 27.1. The lowest BCUT2D eigenvalue weighted by molar-refractivity contribution is -0.165. The van der Waals surface area contributed by atoms with Crippen LogP contribution < -0.4 is 28.4 Å². The molecule has 2 aliphatic rings. The lowest BCUT2D eigenvalue weighted by atomic mass is 10.1. The predicted molar refractivity (Wildman–Crippen MR) is 196 cm³/mol. The molecule has 8 rings (SSSR count). The van der Waals surface area contributed by atoms with Crippen molar-refractivity contribution in [2.24, 2.45) is 0 Å². The Balaban J connectivity index is 0.802. The van der Waals surface area contributed by atoms with Crippen molar-refractivity contribution in [1.82, 2.24) is 0 Å². The summed E-state index contributed by atoms with van der Waals surface area (Å²) >= 11 is 0. The number of fused-ring (bicyclic) bond motifs is 3. The molecule has 10 nitrogen and oxygen atoms in total. The molecule has 52 heavy (non-hydrogen) atoms. The fraction of sp³-hybridized carbons (Fsp3) is 0.286. The van der Waals surface area contributed by atoms with Crippen LogP contribution in [0.5, 0.6) is 34.5 Å². The fourth-order valence-corrected chi connectivity index (χ4v) is 5.87. The Labute approximate surface area is 300 Å². The summed E-state index contributed by atoms with van der Waals surface area (Å²) in [6.45, 7) is 2.28. The summed E-state index contributed by atoms with van der Waals surface area (Å²) in [5.74, 6) is 4.07. The monoisotopic (exact) mass is 704 g/mol. The molecule has 4 unspecified atom stereocenters. The van der Waals surface area contributed by atoms with E-state index in [2.05, 4.69) is 0 Å². The molecule has 2 saturated heterocycles. The van der Waals surface area contributed by atoms with Gasteiger partial charge in [0.25, 0.3) is 0 Å². The normalized spacial score (nSPS) is 17.7. The number of benzene rings is 6. The lowest BCUT2D eigenvalue weighted by Gasteiger charge is -2.26. The molecule has 0 bridgehead atoms. The maximum Gasteiger partial charge on any atom is 0.202 e. The standard InChI is InChI=1S/C42H40O10/c43-32(21-46-34-8-4-27-6-10-36(18-30(27)17-34)49-25-39-26-50-39)22-48-37-12-13-40-29(16-37)2-1-3-41(40)51-24-33(44)23-47-35-9-5-28-7-11-38(20-31(28)19-35)52-42-14-15-45-42/h1-13,16-20,32-33,39,42-44H,14-15,21-26H2. The zero-order chi connectivity index (χ0) is 35.3. The quantitative estimate of drug-likeness (QED) is 0.0996. The molecule has 6 aromatic rings. The summed E-state index contributed by atoms with van der Waals surface area (Å²) in [4.78, 5) is 0. The molecule has 6 aromatic carbocycles. The zero-order valence-corrected chi connectivity index (χ0v) is 28.5. The van der Waals surface area contributed by atoms with Gasteiger partial charge in [0, 0.05) is 11.8 Å². The van der Waals surface area contributed by atoms with Crippen molar-refractivity contribution >= 4 is 32.3 Å². The molecule has 2 N–H and O–H groups in total. The second kappa shape index (κ2) is 15.5.